The highest BCUT2D eigenvalue weighted by atomic mass is 16.1. The largest absolute Gasteiger partial charge is 0.380 e. The predicted octanol–water partition coefficient (Wildman–Crippen LogP) is 5.03. The van der Waals surface area contributed by atoms with Crippen molar-refractivity contribution in [1.82, 2.24) is 10.6 Å². The summed E-state index contributed by atoms with van der Waals surface area (Å²) in [7, 11) is 0. The van der Waals surface area contributed by atoms with E-state index in [1.54, 1.807) is 0 Å². The lowest BCUT2D eigenvalue weighted by molar-refractivity contribution is 0.0939. The van der Waals surface area contributed by atoms with E-state index in [4.69, 9.17) is 0 Å². The SMILES string of the molecule is Cc1ccc(NC2CNC2)cc1C(=O)NC(C)c1ccc(C#CC(C)C)c2ccccc12. The van der Waals surface area contributed by atoms with Gasteiger partial charge in [-0.2, -0.15) is 0 Å². The number of hydrogen-bond donors (Lipinski definition) is 3. The van der Waals surface area contributed by atoms with Crippen molar-refractivity contribution in [2.24, 2.45) is 5.92 Å². The molecule has 0 aromatic heterocycles. The Balaban J connectivity index is 1.58. The maximum atomic E-state index is 13.2. The minimum absolute atomic E-state index is 0.0573. The Bertz CT molecular complexity index is 1200. The number of carbonyl (C=O) groups is 1. The first kappa shape index (κ1) is 21.9. The molecule has 1 amide bonds. The molecule has 0 aliphatic carbocycles. The van der Waals surface area contributed by atoms with E-state index < -0.39 is 0 Å². The molecule has 4 rings (SSSR count). The van der Waals surface area contributed by atoms with Gasteiger partial charge >= 0.3 is 0 Å². The number of nitrogens with one attached hydrogen (secondary N) is 3. The minimum atomic E-state index is -0.133. The fraction of sp³-hybridized carbons (Fsp3) is 0.321. The fourth-order valence-electron chi connectivity index (χ4n) is 3.97. The second-order valence-corrected chi connectivity index (χ2v) is 8.90. The van der Waals surface area contributed by atoms with E-state index in [2.05, 4.69) is 65.9 Å². The van der Waals surface area contributed by atoms with Crippen LogP contribution in [0, 0.1) is 24.7 Å². The van der Waals surface area contributed by atoms with Crippen LogP contribution in [0.1, 0.15) is 53.9 Å². The fourth-order valence-corrected chi connectivity index (χ4v) is 3.97. The van der Waals surface area contributed by atoms with Gasteiger partial charge in [-0.3, -0.25) is 4.79 Å². The van der Waals surface area contributed by atoms with Crippen molar-refractivity contribution in [3.63, 3.8) is 0 Å². The normalized spacial score (nSPS) is 14.4. The van der Waals surface area contributed by atoms with Crippen molar-refractivity contribution >= 4 is 22.4 Å². The Morgan fingerprint density at radius 2 is 1.78 bits per heavy atom. The van der Waals surface area contributed by atoms with Gasteiger partial charge in [0, 0.05) is 35.8 Å². The average Bonchev–Trinajstić information content (AvgIpc) is 2.75. The van der Waals surface area contributed by atoms with E-state index in [1.807, 2.05) is 44.2 Å². The molecule has 1 saturated heterocycles. The lowest BCUT2D eigenvalue weighted by atomic mass is 9.95. The van der Waals surface area contributed by atoms with E-state index in [-0.39, 0.29) is 11.9 Å². The highest BCUT2D eigenvalue weighted by Gasteiger charge is 2.19. The molecular weight excluding hydrogens is 394 g/mol. The number of benzene rings is 3. The van der Waals surface area contributed by atoms with Crippen LogP contribution in [0.25, 0.3) is 10.8 Å². The van der Waals surface area contributed by atoms with Gasteiger partial charge in [-0.05, 0) is 53.9 Å². The summed E-state index contributed by atoms with van der Waals surface area (Å²) in [5.41, 5.74) is 4.78. The van der Waals surface area contributed by atoms with Crippen LogP contribution >= 0.6 is 0 Å². The van der Waals surface area contributed by atoms with Crippen molar-refractivity contribution in [2.75, 3.05) is 18.4 Å². The Hall–Kier alpha value is -3.29. The zero-order valence-corrected chi connectivity index (χ0v) is 19.3. The number of fused-ring (bicyclic) bond motifs is 1. The van der Waals surface area contributed by atoms with Crippen molar-refractivity contribution in [1.29, 1.82) is 0 Å². The third-order valence-corrected chi connectivity index (χ3v) is 5.90. The number of aryl methyl sites for hydroxylation is 1. The predicted molar refractivity (Wildman–Crippen MR) is 133 cm³/mol. The molecule has 32 heavy (non-hydrogen) atoms. The van der Waals surface area contributed by atoms with E-state index in [1.165, 1.54) is 0 Å². The molecule has 1 aliphatic heterocycles. The molecule has 3 aromatic rings. The van der Waals surface area contributed by atoms with Gasteiger partial charge in [-0.1, -0.05) is 62.1 Å². The van der Waals surface area contributed by atoms with E-state index >= 15 is 0 Å². The van der Waals surface area contributed by atoms with Crippen LogP contribution in [0.3, 0.4) is 0 Å². The van der Waals surface area contributed by atoms with Gasteiger partial charge in [0.05, 0.1) is 12.1 Å². The first-order valence-electron chi connectivity index (χ1n) is 11.3. The number of amides is 1. The van der Waals surface area contributed by atoms with Crippen LogP contribution in [0.4, 0.5) is 5.69 Å². The van der Waals surface area contributed by atoms with Crippen LogP contribution < -0.4 is 16.0 Å². The molecule has 1 fully saturated rings. The maximum Gasteiger partial charge on any atom is 0.252 e. The molecule has 1 atom stereocenters. The molecule has 3 N–H and O–H groups in total. The number of hydrogen-bond acceptors (Lipinski definition) is 3. The second-order valence-electron chi connectivity index (χ2n) is 8.90. The van der Waals surface area contributed by atoms with Crippen LogP contribution in [0.2, 0.25) is 0 Å². The summed E-state index contributed by atoms with van der Waals surface area (Å²) in [6, 6.07) is 18.7. The smallest absolute Gasteiger partial charge is 0.252 e. The molecule has 4 nitrogen and oxygen atoms in total. The molecule has 0 bridgehead atoms. The van der Waals surface area contributed by atoms with Gasteiger partial charge in [0.15, 0.2) is 0 Å². The Morgan fingerprint density at radius 1 is 1.03 bits per heavy atom. The van der Waals surface area contributed by atoms with Crippen LogP contribution in [0.5, 0.6) is 0 Å². The third-order valence-electron chi connectivity index (χ3n) is 5.90. The van der Waals surface area contributed by atoms with E-state index in [0.29, 0.717) is 17.5 Å². The molecular formula is C28H31N3O. The van der Waals surface area contributed by atoms with Gasteiger partial charge < -0.3 is 16.0 Å². The summed E-state index contributed by atoms with van der Waals surface area (Å²) in [5.74, 6) is 6.83. The lowest BCUT2D eigenvalue weighted by Gasteiger charge is -2.29. The highest BCUT2D eigenvalue weighted by molar-refractivity contribution is 5.97. The first-order chi connectivity index (χ1) is 15.4. The van der Waals surface area contributed by atoms with Gasteiger partial charge in [-0.15, -0.1) is 0 Å². The van der Waals surface area contributed by atoms with E-state index in [0.717, 1.165) is 46.2 Å². The standard InChI is InChI=1S/C28H31N3O/c1-18(2)9-11-21-12-14-24(26-8-6-5-7-25(21)26)20(4)30-28(32)27-15-22(13-10-19(27)3)31-23-16-29-17-23/h5-8,10,12-15,18,20,23,29,31H,16-17H2,1-4H3,(H,30,32). The molecule has 4 heteroatoms. The van der Waals surface area contributed by atoms with E-state index in [9.17, 15) is 4.79 Å². The van der Waals surface area contributed by atoms with Crippen LogP contribution in [-0.2, 0) is 0 Å². The van der Waals surface area contributed by atoms with Crippen LogP contribution in [-0.4, -0.2) is 25.0 Å². The third kappa shape index (κ3) is 4.79. The average molecular weight is 426 g/mol. The number of anilines is 1. The van der Waals surface area contributed by atoms with Gasteiger partial charge in [0.2, 0.25) is 0 Å². The van der Waals surface area contributed by atoms with Crippen molar-refractivity contribution in [3.8, 4) is 11.8 Å². The molecule has 0 radical (unpaired) electrons. The molecule has 0 saturated carbocycles. The highest BCUT2D eigenvalue weighted by Crippen LogP contribution is 2.27. The Kier molecular flexibility index (Phi) is 6.48. The molecule has 164 valence electrons. The molecule has 1 heterocycles. The van der Waals surface area contributed by atoms with Crippen molar-refractivity contribution in [2.45, 2.75) is 39.8 Å². The molecule has 1 aliphatic rings. The molecule has 0 spiro atoms. The molecule has 3 aromatic carbocycles. The quantitative estimate of drug-likeness (QED) is 0.503. The second kappa shape index (κ2) is 9.46. The van der Waals surface area contributed by atoms with Crippen molar-refractivity contribution in [3.05, 3.63) is 76.9 Å². The number of rotatable bonds is 5. The monoisotopic (exact) mass is 425 g/mol. The lowest BCUT2D eigenvalue weighted by Crippen LogP contribution is -2.51. The zero-order valence-electron chi connectivity index (χ0n) is 19.3. The Morgan fingerprint density at radius 3 is 2.47 bits per heavy atom. The molecule has 1 unspecified atom stereocenters. The first-order valence-corrected chi connectivity index (χ1v) is 11.3. The van der Waals surface area contributed by atoms with Gasteiger partial charge in [0.25, 0.3) is 5.91 Å². The summed E-state index contributed by atoms with van der Waals surface area (Å²) < 4.78 is 0. The topological polar surface area (TPSA) is 53.2 Å². The Labute approximate surface area is 190 Å². The zero-order chi connectivity index (χ0) is 22.7. The summed E-state index contributed by atoms with van der Waals surface area (Å²) in [5, 5.41) is 12.2. The summed E-state index contributed by atoms with van der Waals surface area (Å²) in [4.78, 5) is 13.2. The summed E-state index contributed by atoms with van der Waals surface area (Å²) in [6.07, 6.45) is 0. The summed E-state index contributed by atoms with van der Waals surface area (Å²) in [6.45, 7) is 10.1. The van der Waals surface area contributed by atoms with Gasteiger partial charge in [-0.25, -0.2) is 0 Å². The van der Waals surface area contributed by atoms with Crippen LogP contribution in [0.15, 0.2) is 54.6 Å². The minimum Gasteiger partial charge on any atom is -0.380 e. The maximum absolute atomic E-state index is 13.2. The van der Waals surface area contributed by atoms with Gasteiger partial charge in [0.1, 0.15) is 0 Å². The van der Waals surface area contributed by atoms with Crippen molar-refractivity contribution < 1.29 is 4.79 Å². The number of carbonyl (C=O) groups excluding carboxylic acids is 1. The summed E-state index contributed by atoms with van der Waals surface area (Å²) >= 11 is 0.